The molecule has 2 aliphatic rings. The van der Waals surface area contributed by atoms with Gasteiger partial charge in [-0.05, 0) is 5.56 Å². The van der Waals surface area contributed by atoms with E-state index in [1.807, 2.05) is 6.07 Å². The molecule has 98 valence electrons. The standard InChI is InChI=1S/C15H21NO2/c1-14(13-5-3-2-4-6-13)11-17-15(18-12-14)7-9-16-10-8-15/h2-6,16H,7-12H2,1H3. The molecule has 3 heteroatoms. The molecule has 2 aliphatic heterocycles. The van der Waals surface area contributed by atoms with E-state index in [9.17, 15) is 0 Å². The molecule has 0 aliphatic carbocycles. The van der Waals surface area contributed by atoms with Crippen LogP contribution < -0.4 is 5.32 Å². The van der Waals surface area contributed by atoms with Gasteiger partial charge in [0, 0.05) is 31.3 Å². The SMILES string of the molecule is CC1(c2ccccc2)COC2(CCNCC2)OC1. The smallest absolute Gasteiger partial charge is 0.170 e. The largest absolute Gasteiger partial charge is 0.349 e. The lowest BCUT2D eigenvalue weighted by Gasteiger charge is -2.46. The van der Waals surface area contributed by atoms with Crippen molar-refractivity contribution < 1.29 is 9.47 Å². The highest BCUT2D eigenvalue weighted by Crippen LogP contribution is 2.36. The molecule has 0 amide bonds. The second kappa shape index (κ2) is 4.65. The summed E-state index contributed by atoms with van der Waals surface area (Å²) in [6.07, 6.45) is 1.91. The van der Waals surface area contributed by atoms with Gasteiger partial charge in [0.05, 0.1) is 13.2 Å². The second-order valence-electron chi connectivity index (χ2n) is 5.66. The van der Waals surface area contributed by atoms with Crippen molar-refractivity contribution in [2.75, 3.05) is 26.3 Å². The van der Waals surface area contributed by atoms with E-state index in [1.54, 1.807) is 0 Å². The molecule has 3 rings (SSSR count). The maximum atomic E-state index is 6.11. The van der Waals surface area contributed by atoms with Gasteiger partial charge < -0.3 is 14.8 Å². The second-order valence-corrected chi connectivity index (χ2v) is 5.66. The first kappa shape index (κ1) is 12.2. The van der Waals surface area contributed by atoms with E-state index in [0.29, 0.717) is 0 Å². The van der Waals surface area contributed by atoms with Gasteiger partial charge in [-0.2, -0.15) is 0 Å². The van der Waals surface area contributed by atoms with Crippen molar-refractivity contribution in [3.8, 4) is 0 Å². The Morgan fingerprint density at radius 2 is 1.61 bits per heavy atom. The van der Waals surface area contributed by atoms with Crippen molar-refractivity contribution >= 4 is 0 Å². The van der Waals surface area contributed by atoms with E-state index in [2.05, 4.69) is 36.5 Å². The van der Waals surface area contributed by atoms with Crippen LogP contribution in [0.1, 0.15) is 25.3 Å². The molecule has 18 heavy (non-hydrogen) atoms. The molecular formula is C15H21NO2. The van der Waals surface area contributed by atoms with Crippen molar-refractivity contribution in [1.29, 1.82) is 0 Å². The van der Waals surface area contributed by atoms with Crippen LogP contribution in [0.25, 0.3) is 0 Å². The summed E-state index contributed by atoms with van der Waals surface area (Å²) in [6.45, 7) is 5.69. The lowest BCUT2D eigenvalue weighted by molar-refractivity contribution is -0.296. The Bertz CT molecular complexity index is 388. The zero-order valence-corrected chi connectivity index (χ0v) is 10.9. The predicted octanol–water partition coefficient (Wildman–Crippen LogP) is 2.07. The first-order chi connectivity index (χ1) is 8.73. The summed E-state index contributed by atoms with van der Waals surface area (Å²) in [5.74, 6) is -0.320. The first-order valence-electron chi connectivity index (χ1n) is 6.77. The van der Waals surface area contributed by atoms with Crippen molar-refractivity contribution in [2.45, 2.75) is 31.0 Å². The number of piperidine rings is 1. The van der Waals surface area contributed by atoms with Crippen LogP contribution >= 0.6 is 0 Å². The molecule has 0 unspecified atom stereocenters. The normalized spacial score (nSPS) is 26.1. The molecule has 0 atom stereocenters. The molecule has 0 saturated carbocycles. The maximum Gasteiger partial charge on any atom is 0.170 e. The number of nitrogens with one attached hydrogen (secondary N) is 1. The minimum Gasteiger partial charge on any atom is -0.349 e. The number of hydrogen-bond donors (Lipinski definition) is 1. The van der Waals surface area contributed by atoms with Crippen LogP contribution in [0, 0.1) is 0 Å². The highest BCUT2D eigenvalue weighted by Gasteiger charge is 2.43. The van der Waals surface area contributed by atoms with Crippen LogP contribution in [-0.4, -0.2) is 32.1 Å². The summed E-state index contributed by atoms with van der Waals surface area (Å²) < 4.78 is 12.2. The van der Waals surface area contributed by atoms with Crippen molar-refractivity contribution in [2.24, 2.45) is 0 Å². The minimum atomic E-state index is -0.320. The van der Waals surface area contributed by atoms with Gasteiger partial charge in [0.25, 0.3) is 0 Å². The third-order valence-corrected chi connectivity index (χ3v) is 4.14. The Balaban J connectivity index is 1.72. The molecule has 2 fully saturated rings. The maximum absolute atomic E-state index is 6.11. The van der Waals surface area contributed by atoms with Crippen molar-refractivity contribution in [3.63, 3.8) is 0 Å². The third-order valence-electron chi connectivity index (χ3n) is 4.14. The average molecular weight is 247 g/mol. The van der Waals surface area contributed by atoms with Crippen LogP contribution in [0.2, 0.25) is 0 Å². The molecule has 3 nitrogen and oxygen atoms in total. The summed E-state index contributed by atoms with van der Waals surface area (Å²) in [6, 6.07) is 10.5. The lowest BCUT2D eigenvalue weighted by atomic mass is 9.83. The molecule has 2 heterocycles. The fraction of sp³-hybridized carbons (Fsp3) is 0.600. The Morgan fingerprint density at radius 3 is 2.22 bits per heavy atom. The van der Waals surface area contributed by atoms with E-state index in [4.69, 9.17) is 9.47 Å². The van der Waals surface area contributed by atoms with E-state index < -0.39 is 0 Å². The van der Waals surface area contributed by atoms with Gasteiger partial charge in [-0.1, -0.05) is 37.3 Å². The van der Waals surface area contributed by atoms with Crippen LogP contribution in [-0.2, 0) is 14.9 Å². The highest BCUT2D eigenvalue weighted by molar-refractivity contribution is 5.25. The Labute approximate surface area is 108 Å². The number of ether oxygens (including phenoxy) is 2. The Morgan fingerprint density at radius 1 is 1.00 bits per heavy atom. The average Bonchev–Trinajstić information content (AvgIpc) is 2.45. The van der Waals surface area contributed by atoms with E-state index in [1.165, 1.54) is 5.56 Å². The van der Waals surface area contributed by atoms with Gasteiger partial charge in [0.15, 0.2) is 5.79 Å². The Kier molecular flexibility index (Phi) is 3.14. The lowest BCUT2D eigenvalue weighted by Crippen LogP contribution is -2.54. The summed E-state index contributed by atoms with van der Waals surface area (Å²) in [5.41, 5.74) is 1.28. The van der Waals surface area contributed by atoms with Gasteiger partial charge in [-0.25, -0.2) is 0 Å². The fourth-order valence-electron chi connectivity index (χ4n) is 2.77. The number of rotatable bonds is 1. The van der Waals surface area contributed by atoms with Crippen LogP contribution in [0.15, 0.2) is 30.3 Å². The van der Waals surface area contributed by atoms with Gasteiger partial charge in [-0.15, -0.1) is 0 Å². The van der Waals surface area contributed by atoms with E-state index in [-0.39, 0.29) is 11.2 Å². The zero-order chi connectivity index (χ0) is 12.5. The predicted molar refractivity (Wildman–Crippen MR) is 70.5 cm³/mol. The van der Waals surface area contributed by atoms with Gasteiger partial charge in [0.1, 0.15) is 0 Å². The van der Waals surface area contributed by atoms with E-state index in [0.717, 1.165) is 39.1 Å². The van der Waals surface area contributed by atoms with Crippen molar-refractivity contribution in [1.82, 2.24) is 5.32 Å². The number of benzene rings is 1. The molecule has 0 aromatic heterocycles. The molecule has 0 bridgehead atoms. The topological polar surface area (TPSA) is 30.5 Å². The summed E-state index contributed by atoms with van der Waals surface area (Å²) in [5, 5.41) is 3.35. The molecule has 0 radical (unpaired) electrons. The van der Waals surface area contributed by atoms with Crippen LogP contribution in [0.4, 0.5) is 0 Å². The molecular weight excluding hydrogens is 226 g/mol. The van der Waals surface area contributed by atoms with Gasteiger partial charge >= 0.3 is 0 Å². The molecule has 1 aromatic carbocycles. The first-order valence-corrected chi connectivity index (χ1v) is 6.77. The summed E-state index contributed by atoms with van der Waals surface area (Å²) in [7, 11) is 0. The quantitative estimate of drug-likeness (QED) is 0.824. The zero-order valence-electron chi connectivity index (χ0n) is 10.9. The fourth-order valence-corrected chi connectivity index (χ4v) is 2.77. The summed E-state index contributed by atoms with van der Waals surface area (Å²) in [4.78, 5) is 0. The van der Waals surface area contributed by atoms with Crippen LogP contribution in [0.5, 0.6) is 0 Å². The molecule has 1 spiro atoms. The molecule has 1 N–H and O–H groups in total. The minimum absolute atomic E-state index is 0.0165. The number of hydrogen-bond acceptors (Lipinski definition) is 3. The van der Waals surface area contributed by atoms with Gasteiger partial charge in [-0.3, -0.25) is 0 Å². The Hall–Kier alpha value is -0.900. The van der Waals surface area contributed by atoms with Crippen LogP contribution in [0.3, 0.4) is 0 Å². The summed E-state index contributed by atoms with van der Waals surface area (Å²) >= 11 is 0. The monoisotopic (exact) mass is 247 g/mol. The molecule has 2 saturated heterocycles. The van der Waals surface area contributed by atoms with Gasteiger partial charge in [0.2, 0.25) is 0 Å². The van der Waals surface area contributed by atoms with E-state index >= 15 is 0 Å². The van der Waals surface area contributed by atoms with Crippen molar-refractivity contribution in [3.05, 3.63) is 35.9 Å². The third kappa shape index (κ3) is 2.18. The highest BCUT2D eigenvalue weighted by atomic mass is 16.7. The molecule has 1 aromatic rings.